The number of hydrogen-bond acceptors (Lipinski definition) is 7. The van der Waals surface area contributed by atoms with Gasteiger partial charge in [-0.1, -0.05) is 31.2 Å². The molecule has 12 heteroatoms. The van der Waals surface area contributed by atoms with Gasteiger partial charge < -0.3 is 16.0 Å². The average molecular weight is 615 g/mol. The highest BCUT2D eigenvalue weighted by Gasteiger charge is 2.31. The number of aromatic nitrogens is 4. The molecule has 1 aliphatic heterocycles. The SMILES string of the molecule is CCN1CCCC1CNc1cc(-n2c(Nc3cc(NC(=O)c4cccc(C(F)(F)F)c4)ccc3C)nc3ccccc32)ncn1. The van der Waals surface area contributed by atoms with Crippen molar-refractivity contribution in [3.63, 3.8) is 0 Å². The molecule has 1 unspecified atom stereocenters. The largest absolute Gasteiger partial charge is 0.416 e. The van der Waals surface area contributed by atoms with Crippen LogP contribution in [0.15, 0.2) is 79.1 Å². The van der Waals surface area contributed by atoms with Crippen LogP contribution in [0.1, 0.15) is 41.3 Å². The molecule has 1 atom stereocenters. The van der Waals surface area contributed by atoms with Crippen LogP contribution in [0.5, 0.6) is 0 Å². The Balaban J connectivity index is 1.27. The Morgan fingerprint density at radius 3 is 2.69 bits per heavy atom. The molecular weight excluding hydrogens is 581 g/mol. The maximum Gasteiger partial charge on any atom is 0.416 e. The number of rotatable bonds is 9. The van der Waals surface area contributed by atoms with Crippen molar-refractivity contribution in [3.8, 4) is 5.82 Å². The third kappa shape index (κ3) is 6.60. The number of likely N-dealkylation sites (N-methyl/N-ethyl adjacent to an activating group) is 1. The molecule has 3 aromatic carbocycles. The number of alkyl halides is 3. The summed E-state index contributed by atoms with van der Waals surface area (Å²) in [6.45, 7) is 7.01. The minimum atomic E-state index is -4.55. The summed E-state index contributed by atoms with van der Waals surface area (Å²) < 4.78 is 41.5. The van der Waals surface area contributed by atoms with E-state index in [0.717, 1.165) is 54.8 Å². The molecular formula is C33H33F3N8O. The Morgan fingerprint density at radius 2 is 1.87 bits per heavy atom. The van der Waals surface area contributed by atoms with Gasteiger partial charge in [-0.25, -0.2) is 15.0 Å². The van der Waals surface area contributed by atoms with Crippen LogP contribution in [0.4, 0.5) is 36.3 Å². The van der Waals surface area contributed by atoms with E-state index in [1.54, 1.807) is 12.1 Å². The summed E-state index contributed by atoms with van der Waals surface area (Å²) in [5, 5.41) is 9.58. The van der Waals surface area contributed by atoms with Crippen molar-refractivity contribution in [1.29, 1.82) is 0 Å². The first-order valence-corrected chi connectivity index (χ1v) is 14.8. The molecule has 0 bridgehead atoms. The quantitative estimate of drug-likeness (QED) is 0.164. The summed E-state index contributed by atoms with van der Waals surface area (Å²) in [5.74, 6) is 1.18. The number of carbonyl (C=O) groups is 1. The van der Waals surface area contributed by atoms with E-state index in [-0.39, 0.29) is 5.56 Å². The van der Waals surface area contributed by atoms with Gasteiger partial charge in [0.1, 0.15) is 18.0 Å². The summed E-state index contributed by atoms with van der Waals surface area (Å²) in [6.07, 6.45) is -0.675. The van der Waals surface area contributed by atoms with Crippen molar-refractivity contribution < 1.29 is 18.0 Å². The summed E-state index contributed by atoms with van der Waals surface area (Å²) in [4.78, 5) is 29.2. The van der Waals surface area contributed by atoms with E-state index in [0.29, 0.717) is 35.0 Å². The molecule has 1 fully saturated rings. The molecule has 1 aliphatic rings. The predicted molar refractivity (Wildman–Crippen MR) is 169 cm³/mol. The number of halogens is 3. The zero-order valence-electron chi connectivity index (χ0n) is 24.9. The van der Waals surface area contributed by atoms with Crippen LogP contribution < -0.4 is 16.0 Å². The summed E-state index contributed by atoms with van der Waals surface area (Å²) >= 11 is 0. The molecule has 9 nitrogen and oxygen atoms in total. The number of amides is 1. The average Bonchev–Trinajstić information content (AvgIpc) is 3.65. The van der Waals surface area contributed by atoms with Crippen LogP contribution in [0.3, 0.4) is 0 Å². The number of para-hydroxylation sites is 2. The molecule has 3 heterocycles. The van der Waals surface area contributed by atoms with E-state index in [9.17, 15) is 18.0 Å². The molecule has 3 N–H and O–H groups in total. The van der Waals surface area contributed by atoms with E-state index in [4.69, 9.17) is 4.98 Å². The smallest absolute Gasteiger partial charge is 0.368 e. The van der Waals surface area contributed by atoms with Gasteiger partial charge in [0.25, 0.3) is 5.91 Å². The van der Waals surface area contributed by atoms with Crippen molar-refractivity contribution >= 4 is 40.1 Å². The molecule has 2 aromatic heterocycles. The molecule has 232 valence electrons. The number of imidazole rings is 1. The number of fused-ring (bicyclic) bond motifs is 1. The van der Waals surface area contributed by atoms with E-state index >= 15 is 0 Å². The van der Waals surface area contributed by atoms with Gasteiger partial charge in [-0.05, 0) is 80.9 Å². The molecule has 6 rings (SSSR count). The lowest BCUT2D eigenvalue weighted by Crippen LogP contribution is -2.34. The van der Waals surface area contributed by atoms with Gasteiger partial charge in [-0.15, -0.1) is 0 Å². The number of likely N-dealkylation sites (tertiary alicyclic amines) is 1. The first kappa shape index (κ1) is 30.1. The Bertz CT molecular complexity index is 1840. The van der Waals surface area contributed by atoms with Crippen LogP contribution in [0, 0.1) is 6.92 Å². The van der Waals surface area contributed by atoms with Gasteiger partial charge in [0.15, 0.2) is 0 Å². The monoisotopic (exact) mass is 614 g/mol. The van der Waals surface area contributed by atoms with E-state index in [1.165, 1.54) is 24.9 Å². The number of benzene rings is 3. The van der Waals surface area contributed by atoms with Gasteiger partial charge in [0.05, 0.1) is 16.6 Å². The van der Waals surface area contributed by atoms with Gasteiger partial charge in [-0.3, -0.25) is 14.3 Å². The molecule has 5 aromatic rings. The predicted octanol–water partition coefficient (Wildman–Crippen LogP) is 7.03. The Hall–Kier alpha value is -4.97. The third-order valence-electron chi connectivity index (χ3n) is 8.06. The minimum absolute atomic E-state index is 0.0924. The Morgan fingerprint density at radius 1 is 1.02 bits per heavy atom. The van der Waals surface area contributed by atoms with Crippen molar-refractivity contribution in [3.05, 3.63) is 95.8 Å². The first-order valence-electron chi connectivity index (χ1n) is 14.8. The second kappa shape index (κ2) is 12.6. The first-order chi connectivity index (χ1) is 21.7. The Kier molecular flexibility index (Phi) is 8.40. The van der Waals surface area contributed by atoms with Crippen LogP contribution in [-0.2, 0) is 6.18 Å². The maximum absolute atomic E-state index is 13.2. The lowest BCUT2D eigenvalue weighted by Gasteiger charge is -2.23. The highest BCUT2D eigenvalue weighted by atomic mass is 19.4. The van der Waals surface area contributed by atoms with E-state index < -0.39 is 17.6 Å². The second-order valence-corrected chi connectivity index (χ2v) is 11.0. The number of anilines is 4. The highest BCUT2D eigenvalue weighted by molar-refractivity contribution is 6.04. The number of nitrogens with zero attached hydrogens (tertiary/aromatic N) is 5. The number of hydrogen-bond donors (Lipinski definition) is 3. The lowest BCUT2D eigenvalue weighted by molar-refractivity contribution is -0.137. The molecule has 0 radical (unpaired) electrons. The van der Waals surface area contributed by atoms with Crippen LogP contribution >= 0.6 is 0 Å². The van der Waals surface area contributed by atoms with Gasteiger partial charge in [0, 0.05) is 35.6 Å². The van der Waals surface area contributed by atoms with Crippen molar-refractivity contribution in [1.82, 2.24) is 24.4 Å². The molecule has 0 spiro atoms. The Labute approximate surface area is 258 Å². The lowest BCUT2D eigenvalue weighted by atomic mass is 10.1. The molecule has 0 aliphatic carbocycles. The summed E-state index contributed by atoms with van der Waals surface area (Å²) in [5.41, 5.74) is 2.55. The summed E-state index contributed by atoms with van der Waals surface area (Å²) in [7, 11) is 0. The minimum Gasteiger partial charge on any atom is -0.368 e. The zero-order valence-corrected chi connectivity index (χ0v) is 24.9. The van der Waals surface area contributed by atoms with Crippen molar-refractivity contribution in [2.24, 2.45) is 0 Å². The van der Waals surface area contributed by atoms with Crippen molar-refractivity contribution in [2.45, 2.75) is 38.9 Å². The summed E-state index contributed by atoms with van der Waals surface area (Å²) in [6, 6.07) is 19.6. The number of aryl methyl sites for hydroxylation is 1. The fourth-order valence-corrected chi connectivity index (χ4v) is 5.67. The van der Waals surface area contributed by atoms with Gasteiger partial charge in [-0.2, -0.15) is 13.2 Å². The van der Waals surface area contributed by atoms with Crippen LogP contribution in [0.2, 0.25) is 0 Å². The number of nitrogens with one attached hydrogen (secondary N) is 3. The van der Waals surface area contributed by atoms with Crippen molar-refractivity contribution in [2.75, 3.05) is 35.6 Å². The molecule has 1 amide bonds. The maximum atomic E-state index is 13.2. The van der Waals surface area contributed by atoms with E-state index in [2.05, 4.69) is 37.7 Å². The van der Waals surface area contributed by atoms with Crippen LogP contribution in [0.25, 0.3) is 16.9 Å². The van der Waals surface area contributed by atoms with Crippen LogP contribution in [-0.4, -0.2) is 56.0 Å². The fourth-order valence-electron chi connectivity index (χ4n) is 5.67. The molecule has 0 saturated carbocycles. The van der Waals surface area contributed by atoms with Gasteiger partial charge in [0.2, 0.25) is 5.95 Å². The fraction of sp³-hybridized carbons (Fsp3) is 0.273. The van der Waals surface area contributed by atoms with Gasteiger partial charge >= 0.3 is 6.18 Å². The highest BCUT2D eigenvalue weighted by Crippen LogP contribution is 2.31. The normalized spacial score (nSPS) is 15.4. The number of carbonyl (C=O) groups excluding carboxylic acids is 1. The zero-order chi connectivity index (χ0) is 31.6. The molecule has 1 saturated heterocycles. The van der Waals surface area contributed by atoms with E-state index in [1.807, 2.05) is 47.9 Å². The topological polar surface area (TPSA) is 100 Å². The molecule has 45 heavy (non-hydrogen) atoms. The third-order valence-corrected chi connectivity index (χ3v) is 8.06. The standard InChI is InChI=1S/C33H33F3N8O/c1-3-43-15-7-10-25(43)19-37-29-18-30(39-20-38-29)44-28-12-5-4-11-26(28)41-32(44)42-27-17-24(14-13-21(27)2)40-31(45)22-8-6-9-23(16-22)33(34,35)36/h4-6,8-9,11-14,16-18,20,25H,3,7,10,15,19H2,1-2H3,(H,40,45)(H,41,42)(H,37,38,39). The second-order valence-electron chi connectivity index (χ2n) is 11.0.